The van der Waals surface area contributed by atoms with Gasteiger partial charge in [-0.3, -0.25) is 9.59 Å². The highest BCUT2D eigenvalue weighted by Crippen LogP contribution is 2.39. The van der Waals surface area contributed by atoms with Gasteiger partial charge in [0, 0.05) is 23.9 Å². The number of aryl methyl sites for hydroxylation is 1. The fourth-order valence-corrected chi connectivity index (χ4v) is 4.24. The molecule has 130 valence electrons. The first-order valence-corrected chi connectivity index (χ1v) is 8.82. The Labute approximate surface area is 148 Å². The zero-order chi connectivity index (χ0) is 17.6. The lowest BCUT2D eigenvalue weighted by molar-refractivity contribution is -0.141. The lowest BCUT2D eigenvalue weighted by Gasteiger charge is -2.16. The van der Waals surface area contributed by atoms with Gasteiger partial charge in [0.05, 0.1) is 10.8 Å². The Kier molecular flexibility index (Phi) is 3.88. The average molecular weight is 359 g/mol. The summed E-state index contributed by atoms with van der Waals surface area (Å²) in [6.07, 6.45) is 0. The van der Waals surface area contributed by atoms with Gasteiger partial charge in [-0.1, -0.05) is 6.07 Å². The number of carbonyl (C=O) groups is 2. The number of fused-ring (bicyclic) bond motifs is 1. The molecular formula is C18H17NO5S. The van der Waals surface area contributed by atoms with Crippen LogP contribution >= 0.6 is 11.3 Å². The van der Waals surface area contributed by atoms with E-state index in [9.17, 15) is 14.7 Å². The van der Waals surface area contributed by atoms with Crippen LogP contribution < -0.4 is 9.47 Å². The van der Waals surface area contributed by atoms with Crippen LogP contribution in [0.5, 0.6) is 11.5 Å². The molecule has 2 unspecified atom stereocenters. The fraction of sp³-hybridized carbons (Fsp3) is 0.333. The lowest BCUT2D eigenvalue weighted by atomic mass is 9.89. The highest BCUT2D eigenvalue weighted by Gasteiger charge is 2.41. The van der Waals surface area contributed by atoms with E-state index in [4.69, 9.17) is 9.47 Å². The summed E-state index contributed by atoms with van der Waals surface area (Å²) < 4.78 is 10.7. The van der Waals surface area contributed by atoms with Gasteiger partial charge >= 0.3 is 5.97 Å². The smallest absolute Gasteiger partial charge is 0.308 e. The Bertz CT molecular complexity index is 846. The molecule has 3 heterocycles. The summed E-state index contributed by atoms with van der Waals surface area (Å²) in [6, 6.07) is 9.18. The molecular weight excluding hydrogens is 342 g/mol. The van der Waals surface area contributed by atoms with Gasteiger partial charge in [0.2, 0.25) is 6.79 Å². The molecule has 0 saturated carbocycles. The molecule has 4 rings (SSSR count). The van der Waals surface area contributed by atoms with E-state index in [-0.39, 0.29) is 25.2 Å². The fourth-order valence-electron chi connectivity index (χ4n) is 3.41. The molecule has 0 aliphatic carbocycles. The zero-order valence-electron chi connectivity index (χ0n) is 13.6. The molecule has 1 fully saturated rings. The van der Waals surface area contributed by atoms with E-state index < -0.39 is 11.9 Å². The number of benzene rings is 1. The van der Waals surface area contributed by atoms with Crippen molar-refractivity contribution >= 4 is 23.2 Å². The number of thiophene rings is 1. The molecule has 25 heavy (non-hydrogen) atoms. The monoisotopic (exact) mass is 359 g/mol. The molecule has 1 N–H and O–H groups in total. The third-order valence-corrected chi connectivity index (χ3v) is 5.69. The van der Waals surface area contributed by atoms with Gasteiger partial charge in [0.1, 0.15) is 0 Å². The van der Waals surface area contributed by atoms with Gasteiger partial charge in [-0.25, -0.2) is 0 Å². The molecule has 1 aromatic heterocycles. The largest absolute Gasteiger partial charge is 0.481 e. The molecule has 2 atom stereocenters. The number of carboxylic acid groups (broad SMARTS) is 1. The number of carboxylic acids is 1. The summed E-state index contributed by atoms with van der Waals surface area (Å²) in [5.74, 6) is -0.605. The highest BCUT2D eigenvalue weighted by molar-refractivity contribution is 7.13. The Hall–Kier alpha value is -2.54. The van der Waals surface area contributed by atoms with Crippen molar-refractivity contribution in [3.63, 3.8) is 0 Å². The van der Waals surface area contributed by atoms with Crippen LogP contribution in [-0.4, -0.2) is 41.8 Å². The van der Waals surface area contributed by atoms with Crippen molar-refractivity contribution in [3.05, 3.63) is 45.6 Å². The number of rotatable bonds is 3. The Morgan fingerprint density at radius 1 is 1.16 bits per heavy atom. The predicted molar refractivity (Wildman–Crippen MR) is 91.4 cm³/mol. The first kappa shape index (κ1) is 16.0. The Balaban J connectivity index is 1.61. The molecule has 6 nitrogen and oxygen atoms in total. The number of likely N-dealkylation sites (tertiary alicyclic amines) is 1. The topological polar surface area (TPSA) is 76.1 Å². The minimum atomic E-state index is -0.889. The molecule has 1 aromatic carbocycles. The molecule has 1 amide bonds. The molecule has 2 aliphatic heterocycles. The molecule has 0 radical (unpaired) electrons. The number of ether oxygens (including phenoxy) is 2. The number of aliphatic carboxylic acids is 1. The normalized spacial score (nSPS) is 21.6. The SMILES string of the molecule is Cc1ccc(C(=O)N2CC(C(=O)O)C(c3ccc4c(c3)OCO4)C2)s1. The van der Waals surface area contributed by atoms with Gasteiger partial charge in [-0.15, -0.1) is 11.3 Å². The molecule has 7 heteroatoms. The summed E-state index contributed by atoms with van der Waals surface area (Å²) in [7, 11) is 0. The summed E-state index contributed by atoms with van der Waals surface area (Å²) in [6.45, 7) is 2.71. The molecule has 1 saturated heterocycles. The number of hydrogen-bond donors (Lipinski definition) is 1. The maximum Gasteiger partial charge on any atom is 0.308 e. The summed E-state index contributed by atoms with van der Waals surface area (Å²) in [5.41, 5.74) is 0.856. The van der Waals surface area contributed by atoms with E-state index in [1.54, 1.807) is 17.0 Å². The van der Waals surface area contributed by atoms with Crippen molar-refractivity contribution in [1.29, 1.82) is 0 Å². The quantitative estimate of drug-likeness (QED) is 0.912. The van der Waals surface area contributed by atoms with Crippen LogP contribution in [0.1, 0.15) is 26.0 Å². The molecule has 0 spiro atoms. The summed E-state index contributed by atoms with van der Waals surface area (Å²) >= 11 is 1.43. The zero-order valence-corrected chi connectivity index (χ0v) is 14.4. The van der Waals surface area contributed by atoms with Crippen molar-refractivity contribution in [1.82, 2.24) is 4.90 Å². The first-order valence-electron chi connectivity index (χ1n) is 8.01. The molecule has 2 aromatic rings. The van der Waals surface area contributed by atoms with E-state index in [1.807, 2.05) is 25.1 Å². The van der Waals surface area contributed by atoms with E-state index in [0.717, 1.165) is 10.4 Å². The predicted octanol–water partition coefficient (Wildman–Crippen LogP) is 2.73. The maximum absolute atomic E-state index is 12.7. The minimum absolute atomic E-state index is 0.104. The van der Waals surface area contributed by atoms with Crippen LogP contribution in [-0.2, 0) is 4.79 Å². The van der Waals surface area contributed by atoms with Crippen LogP contribution in [0.2, 0.25) is 0 Å². The van der Waals surface area contributed by atoms with Crippen LogP contribution in [0.3, 0.4) is 0 Å². The third-order valence-electron chi connectivity index (χ3n) is 4.70. The van der Waals surface area contributed by atoms with E-state index in [1.165, 1.54) is 11.3 Å². The minimum Gasteiger partial charge on any atom is -0.481 e. The Morgan fingerprint density at radius 3 is 2.68 bits per heavy atom. The number of hydrogen-bond acceptors (Lipinski definition) is 5. The molecule has 0 bridgehead atoms. The van der Waals surface area contributed by atoms with E-state index in [0.29, 0.717) is 22.9 Å². The highest BCUT2D eigenvalue weighted by atomic mass is 32.1. The first-order chi connectivity index (χ1) is 12.0. The van der Waals surface area contributed by atoms with Gasteiger partial charge in [0.15, 0.2) is 11.5 Å². The van der Waals surface area contributed by atoms with E-state index in [2.05, 4.69) is 0 Å². The van der Waals surface area contributed by atoms with Gasteiger partial charge in [0.25, 0.3) is 5.91 Å². The summed E-state index contributed by atoms with van der Waals surface area (Å²) in [4.78, 5) is 27.8. The summed E-state index contributed by atoms with van der Waals surface area (Å²) in [5, 5.41) is 9.62. The van der Waals surface area contributed by atoms with Crippen LogP contribution in [0.25, 0.3) is 0 Å². The van der Waals surface area contributed by atoms with Gasteiger partial charge < -0.3 is 19.5 Å². The second-order valence-corrected chi connectivity index (χ2v) is 7.57. The van der Waals surface area contributed by atoms with Gasteiger partial charge in [-0.2, -0.15) is 0 Å². The standard InChI is InChI=1S/C18H17NO5S/c1-10-2-5-16(25-10)17(20)19-7-12(13(8-19)18(21)22)11-3-4-14-15(6-11)24-9-23-14/h2-6,12-13H,7-9H2,1H3,(H,21,22). The second-order valence-electron chi connectivity index (χ2n) is 6.28. The van der Waals surface area contributed by atoms with Crippen molar-refractivity contribution in [3.8, 4) is 11.5 Å². The Morgan fingerprint density at radius 2 is 1.96 bits per heavy atom. The van der Waals surface area contributed by atoms with E-state index >= 15 is 0 Å². The number of amides is 1. The maximum atomic E-state index is 12.7. The number of carbonyl (C=O) groups excluding carboxylic acids is 1. The van der Waals surface area contributed by atoms with Crippen LogP contribution in [0.15, 0.2) is 30.3 Å². The van der Waals surface area contributed by atoms with Crippen molar-refractivity contribution in [2.75, 3.05) is 19.9 Å². The van der Waals surface area contributed by atoms with Crippen LogP contribution in [0.4, 0.5) is 0 Å². The van der Waals surface area contributed by atoms with Crippen molar-refractivity contribution in [2.45, 2.75) is 12.8 Å². The van der Waals surface area contributed by atoms with Crippen molar-refractivity contribution < 1.29 is 24.2 Å². The van der Waals surface area contributed by atoms with Crippen molar-refractivity contribution in [2.24, 2.45) is 5.92 Å². The average Bonchev–Trinajstić information content (AvgIpc) is 3.32. The second kappa shape index (κ2) is 6.07. The number of nitrogens with zero attached hydrogens (tertiary/aromatic N) is 1. The lowest BCUT2D eigenvalue weighted by Crippen LogP contribution is -2.29. The molecule has 2 aliphatic rings. The van der Waals surface area contributed by atoms with Crippen LogP contribution in [0, 0.1) is 12.8 Å². The van der Waals surface area contributed by atoms with Gasteiger partial charge in [-0.05, 0) is 36.8 Å². The third kappa shape index (κ3) is 2.84.